The van der Waals surface area contributed by atoms with Crippen molar-refractivity contribution < 1.29 is 13.3 Å². The Hall–Kier alpha value is -7.04. The third-order valence-electron chi connectivity index (χ3n) is 10.3. The van der Waals surface area contributed by atoms with E-state index < -0.39 is 0 Å². The predicted molar refractivity (Wildman–Crippen MR) is 214 cm³/mol. The number of rotatable bonds is 5. The van der Waals surface area contributed by atoms with E-state index in [0.717, 1.165) is 105 Å². The highest BCUT2D eigenvalue weighted by Gasteiger charge is 2.25. The van der Waals surface area contributed by atoms with Crippen LogP contribution < -0.4 is 4.90 Å². The van der Waals surface area contributed by atoms with Gasteiger partial charge in [0.25, 0.3) is 0 Å². The summed E-state index contributed by atoms with van der Waals surface area (Å²) < 4.78 is 19.8. The Morgan fingerprint density at radius 3 is 1.65 bits per heavy atom. The fraction of sp³-hybridized carbons (Fsp3) is 0. The van der Waals surface area contributed by atoms with Crippen LogP contribution in [0.15, 0.2) is 189 Å². The van der Waals surface area contributed by atoms with Crippen molar-refractivity contribution in [3.63, 3.8) is 0 Å². The van der Waals surface area contributed by atoms with Crippen LogP contribution in [0.3, 0.4) is 0 Å². The van der Waals surface area contributed by atoms with Crippen molar-refractivity contribution in [1.29, 1.82) is 0 Å². The molecular weight excluding hydrogens is 639 g/mol. The highest BCUT2D eigenvalue weighted by atomic mass is 16.3. The summed E-state index contributed by atoms with van der Waals surface area (Å²) >= 11 is 0. The zero-order valence-corrected chi connectivity index (χ0v) is 27.9. The van der Waals surface area contributed by atoms with E-state index in [-0.39, 0.29) is 0 Å². The van der Waals surface area contributed by atoms with Gasteiger partial charge in [0, 0.05) is 38.4 Å². The first kappa shape index (κ1) is 28.8. The summed E-state index contributed by atoms with van der Waals surface area (Å²) in [5, 5.41) is 6.34. The van der Waals surface area contributed by atoms with Crippen molar-refractivity contribution in [2.75, 3.05) is 4.90 Å². The summed E-state index contributed by atoms with van der Waals surface area (Å²) in [6, 6.07) is 61.2. The normalized spacial score (nSPS) is 11.8. The van der Waals surface area contributed by atoms with E-state index in [1.165, 1.54) is 0 Å². The van der Waals surface area contributed by atoms with Gasteiger partial charge < -0.3 is 18.2 Å². The van der Waals surface area contributed by atoms with E-state index in [2.05, 4.69) is 150 Å². The second kappa shape index (κ2) is 11.2. The third kappa shape index (κ3) is 4.28. The molecule has 4 nitrogen and oxygen atoms in total. The van der Waals surface area contributed by atoms with E-state index in [1.54, 1.807) is 0 Å². The Bertz CT molecular complexity index is 3130. The highest BCUT2D eigenvalue weighted by molar-refractivity contribution is 6.20. The number of benzene rings is 8. The smallest absolute Gasteiger partial charge is 0.145 e. The minimum absolute atomic E-state index is 0.834. The van der Waals surface area contributed by atoms with Crippen molar-refractivity contribution in [1.82, 2.24) is 0 Å². The van der Waals surface area contributed by atoms with Crippen molar-refractivity contribution in [3.8, 4) is 22.3 Å². The first-order valence-electron chi connectivity index (χ1n) is 17.5. The van der Waals surface area contributed by atoms with Gasteiger partial charge in [-0.1, -0.05) is 121 Å². The lowest BCUT2D eigenvalue weighted by Gasteiger charge is -2.27. The number of nitrogens with zero attached hydrogens (tertiary/aromatic N) is 1. The molecule has 0 amide bonds. The Balaban J connectivity index is 1.24. The van der Waals surface area contributed by atoms with Crippen molar-refractivity contribution in [2.24, 2.45) is 0 Å². The standard InChI is InChI=1S/C48H29NO3/c1-3-13-30(14-4-1)33-19-11-20-35-38-29-32(25-28-43(38)51-47(33)35)49(39-21-12-24-44-45(39)36-17-7-9-22-41(36)50-44)40-27-26-34(31-15-5-2-6-16-31)48-46(40)37-18-8-10-23-42(37)52-48/h1-29H. The molecular formula is C48H29NO3. The van der Waals surface area contributed by atoms with E-state index in [4.69, 9.17) is 13.3 Å². The van der Waals surface area contributed by atoms with E-state index >= 15 is 0 Å². The molecule has 8 aromatic carbocycles. The Kier molecular flexibility index (Phi) is 6.22. The Morgan fingerprint density at radius 1 is 0.327 bits per heavy atom. The van der Waals surface area contributed by atoms with Crippen molar-refractivity contribution in [2.45, 2.75) is 0 Å². The largest absolute Gasteiger partial charge is 0.456 e. The summed E-state index contributed by atoms with van der Waals surface area (Å²) in [5.74, 6) is 0. The average Bonchev–Trinajstić information content (AvgIpc) is 3.90. The molecule has 11 rings (SSSR count). The maximum absolute atomic E-state index is 6.75. The first-order chi connectivity index (χ1) is 25.8. The quantitative estimate of drug-likeness (QED) is 0.183. The van der Waals surface area contributed by atoms with Crippen LogP contribution in [0.5, 0.6) is 0 Å². The van der Waals surface area contributed by atoms with Crippen molar-refractivity contribution >= 4 is 82.9 Å². The zero-order valence-electron chi connectivity index (χ0n) is 27.9. The fourth-order valence-electron chi connectivity index (χ4n) is 7.96. The van der Waals surface area contributed by atoms with Crippen LogP contribution in [0.4, 0.5) is 17.1 Å². The topological polar surface area (TPSA) is 42.7 Å². The molecule has 244 valence electrons. The van der Waals surface area contributed by atoms with Gasteiger partial charge in [-0.15, -0.1) is 0 Å². The van der Waals surface area contributed by atoms with Crippen molar-refractivity contribution in [3.05, 3.63) is 176 Å². The molecule has 52 heavy (non-hydrogen) atoms. The number of anilines is 3. The molecule has 3 aromatic heterocycles. The molecule has 0 bridgehead atoms. The van der Waals surface area contributed by atoms with Gasteiger partial charge in [-0.2, -0.15) is 0 Å². The molecule has 0 aliphatic heterocycles. The summed E-state index contributed by atoms with van der Waals surface area (Å²) in [4.78, 5) is 2.36. The Labute approximate surface area is 298 Å². The van der Waals surface area contributed by atoms with Crippen LogP contribution >= 0.6 is 0 Å². The summed E-state index contributed by atoms with van der Waals surface area (Å²) in [6.45, 7) is 0. The van der Waals surface area contributed by atoms with Gasteiger partial charge >= 0.3 is 0 Å². The minimum Gasteiger partial charge on any atom is -0.456 e. The number of hydrogen-bond donors (Lipinski definition) is 0. The third-order valence-corrected chi connectivity index (χ3v) is 10.3. The molecule has 0 radical (unpaired) electrons. The molecule has 0 fully saturated rings. The van der Waals surface area contributed by atoms with Gasteiger partial charge in [0.2, 0.25) is 0 Å². The lowest BCUT2D eigenvalue weighted by atomic mass is 9.99. The number of furan rings is 3. The lowest BCUT2D eigenvalue weighted by molar-refractivity contribution is 0.669. The predicted octanol–water partition coefficient (Wildman–Crippen LogP) is 14.2. The average molecular weight is 668 g/mol. The number of fused-ring (bicyclic) bond motifs is 9. The molecule has 4 heteroatoms. The molecule has 0 spiro atoms. The van der Waals surface area contributed by atoms with E-state index in [0.29, 0.717) is 0 Å². The Morgan fingerprint density at radius 2 is 0.885 bits per heavy atom. The van der Waals surface area contributed by atoms with Gasteiger partial charge in [0.15, 0.2) is 0 Å². The summed E-state index contributed by atoms with van der Waals surface area (Å²) in [5.41, 5.74) is 12.5. The molecule has 0 unspecified atom stereocenters. The summed E-state index contributed by atoms with van der Waals surface area (Å²) in [6.07, 6.45) is 0. The SMILES string of the molecule is c1ccc(-c2cccc3c2oc2ccc(N(c4cccc5oc6ccccc6c45)c4ccc(-c5ccccc5)c5oc6ccccc6c45)cc23)cc1. The van der Waals surface area contributed by atoms with Crippen LogP contribution in [0.2, 0.25) is 0 Å². The highest BCUT2D eigenvalue weighted by Crippen LogP contribution is 2.49. The fourth-order valence-corrected chi connectivity index (χ4v) is 7.96. The number of para-hydroxylation sites is 3. The minimum atomic E-state index is 0.834. The molecule has 0 aliphatic rings. The first-order valence-corrected chi connectivity index (χ1v) is 17.5. The van der Waals surface area contributed by atoms with Gasteiger partial charge in [-0.3, -0.25) is 0 Å². The molecule has 0 saturated carbocycles. The molecule has 3 heterocycles. The zero-order chi connectivity index (χ0) is 34.2. The van der Waals surface area contributed by atoms with Gasteiger partial charge in [0.1, 0.15) is 33.5 Å². The van der Waals surface area contributed by atoms with Gasteiger partial charge in [-0.05, 0) is 65.7 Å². The monoisotopic (exact) mass is 667 g/mol. The number of hydrogen-bond acceptors (Lipinski definition) is 4. The van der Waals surface area contributed by atoms with E-state index in [1.807, 2.05) is 30.3 Å². The second-order valence-electron chi connectivity index (χ2n) is 13.2. The summed E-state index contributed by atoms with van der Waals surface area (Å²) in [7, 11) is 0. The van der Waals surface area contributed by atoms with Crippen LogP contribution in [-0.4, -0.2) is 0 Å². The maximum atomic E-state index is 6.75. The van der Waals surface area contributed by atoms with Crippen LogP contribution in [0.1, 0.15) is 0 Å². The molecule has 11 aromatic rings. The second-order valence-corrected chi connectivity index (χ2v) is 13.2. The molecule has 0 N–H and O–H groups in total. The molecule has 0 saturated heterocycles. The van der Waals surface area contributed by atoms with E-state index in [9.17, 15) is 0 Å². The molecule has 0 aliphatic carbocycles. The molecule has 0 atom stereocenters. The van der Waals surface area contributed by atoms with Gasteiger partial charge in [0.05, 0.1) is 22.1 Å². The van der Waals surface area contributed by atoms with Crippen LogP contribution in [-0.2, 0) is 0 Å². The van der Waals surface area contributed by atoms with Gasteiger partial charge in [-0.25, -0.2) is 0 Å². The lowest BCUT2D eigenvalue weighted by Crippen LogP contribution is -2.11. The van der Waals surface area contributed by atoms with Crippen LogP contribution in [0.25, 0.3) is 88.1 Å². The van der Waals surface area contributed by atoms with Crippen LogP contribution in [0, 0.1) is 0 Å². The maximum Gasteiger partial charge on any atom is 0.145 e.